The first-order valence-corrected chi connectivity index (χ1v) is 9.92. The molecule has 0 atom stereocenters. The number of nitrogens with zero attached hydrogens (tertiary/aromatic N) is 2. The first-order chi connectivity index (χ1) is 13.4. The van der Waals surface area contributed by atoms with Crippen LogP contribution in [0.1, 0.15) is 49.3 Å². The van der Waals surface area contributed by atoms with Crippen LogP contribution in [-0.4, -0.2) is 22.5 Å². The lowest BCUT2D eigenvalue weighted by Crippen LogP contribution is -2.39. The van der Waals surface area contributed by atoms with Crippen molar-refractivity contribution < 1.29 is 4.79 Å². The van der Waals surface area contributed by atoms with Gasteiger partial charge in [-0.25, -0.2) is 4.79 Å². The molecule has 0 aliphatic heterocycles. The number of anilines is 2. The van der Waals surface area contributed by atoms with E-state index in [0.717, 1.165) is 31.2 Å². The lowest BCUT2D eigenvalue weighted by atomic mass is 9.90. The topological polar surface area (TPSA) is 101 Å². The highest BCUT2D eigenvalue weighted by atomic mass is 16.2. The average Bonchev–Trinajstić information content (AvgIpc) is 2.67. The zero-order valence-electron chi connectivity index (χ0n) is 16.6. The number of amides is 1. The van der Waals surface area contributed by atoms with Crippen molar-refractivity contribution >= 4 is 17.4 Å². The highest BCUT2D eigenvalue weighted by Crippen LogP contribution is 2.23. The second kappa shape index (κ2) is 8.46. The standard InChI is InChI=1S/C21H28N4O3/c1-3-4-11-25-19(22)18(20(27)23-21(25)28)24(2)17(26)13-14-9-10-15-7-5-6-8-16(15)12-14/h9-10,12H,3-8,11,13,22H2,1-2H3,(H,23,27,28). The Bertz CT molecular complexity index is 990. The predicted octanol–water partition coefficient (Wildman–Crippen LogP) is 2.00. The van der Waals surface area contributed by atoms with Crippen LogP contribution in [0.5, 0.6) is 0 Å². The molecule has 0 unspecified atom stereocenters. The van der Waals surface area contributed by atoms with Gasteiger partial charge in [-0.2, -0.15) is 0 Å². The molecule has 1 aliphatic carbocycles. The number of hydrogen-bond donors (Lipinski definition) is 2. The SMILES string of the molecule is CCCCn1c(N)c(N(C)C(=O)Cc2ccc3c(c2)CCCC3)c(=O)[nH]c1=O. The number of aromatic nitrogens is 2. The molecular formula is C21H28N4O3. The Kier molecular flexibility index (Phi) is 6.02. The maximum Gasteiger partial charge on any atom is 0.330 e. The Morgan fingerprint density at radius 2 is 1.93 bits per heavy atom. The van der Waals surface area contributed by atoms with E-state index in [1.807, 2.05) is 13.0 Å². The molecule has 3 N–H and O–H groups in total. The number of nitrogen functional groups attached to an aromatic ring is 1. The molecule has 7 nitrogen and oxygen atoms in total. The Balaban J connectivity index is 1.85. The van der Waals surface area contributed by atoms with Crippen LogP contribution in [0, 0.1) is 0 Å². The van der Waals surface area contributed by atoms with E-state index >= 15 is 0 Å². The summed E-state index contributed by atoms with van der Waals surface area (Å²) in [6, 6.07) is 6.17. The number of nitrogens with one attached hydrogen (secondary N) is 1. The summed E-state index contributed by atoms with van der Waals surface area (Å²) in [6.07, 6.45) is 6.34. The summed E-state index contributed by atoms with van der Waals surface area (Å²) in [7, 11) is 1.52. The van der Waals surface area contributed by atoms with Gasteiger partial charge in [0.1, 0.15) is 5.82 Å². The fraction of sp³-hybridized carbons (Fsp3) is 0.476. The molecule has 0 bridgehead atoms. The first-order valence-electron chi connectivity index (χ1n) is 9.92. The van der Waals surface area contributed by atoms with Crippen LogP contribution in [0.2, 0.25) is 0 Å². The third kappa shape index (κ3) is 4.03. The van der Waals surface area contributed by atoms with Crippen molar-refractivity contribution in [1.82, 2.24) is 9.55 Å². The summed E-state index contributed by atoms with van der Waals surface area (Å²) in [5.74, 6) is -0.211. The number of benzene rings is 1. The van der Waals surface area contributed by atoms with Gasteiger partial charge in [0.2, 0.25) is 5.91 Å². The third-order valence-corrected chi connectivity index (χ3v) is 5.43. The van der Waals surface area contributed by atoms with Gasteiger partial charge in [-0.15, -0.1) is 0 Å². The Labute approximate surface area is 164 Å². The molecule has 0 radical (unpaired) electrons. The van der Waals surface area contributed by atoms with Crippen LogP contribution in [-0.2, 0) is 30.6 Å². The minimum atomic E-state index is -0.642. The summed E-state index contributed by atoms with van der Waals surface area (Å²) in [6.45, 7) is 2.40. The Morgan fingerprint density at radius 1 is 1.21 bits per heavy atom. The van der Waals surface area contributed by atoms with E-state index in [4.69, 9.17) is 5.73 Å². The summed E-state index contributed by atoms with van der Waals surface area (Å²) < 4.78 is 1.32. The van der Waals surface area contributed by atoms with Gasteiger partial charge in [-0.1, -0.05) is 31.5 Å². The molecule has 2 aromatic rings. The third-order valence-electron chi connectivity index (χ3n) is 5.43. The number of carbonyl (C=O) groups is 1. The molecule has 1 aromatic heterocycles. The largest absolute Gasteiger partial charge is 0.383 e. The molecule has 1 aromatic carbocycles. The zero-order valence-corrected chi connectivity index (χ0v) is 16.6. The van der Waals surface area contributed by atoms with Crippen molar-refractivity contribution in [1.29, 1.82) is 0 Å². The van der Waals surface area contributed by atoms with Crippen molar-refractivity contribution in [2.75, 3.05) is 17.7 Å². The molecule has 1 heterocycles. The van der Waals surface area contributed by atoms with E-state index in [9.17, 15) is 14.4 Å². The number of unbranched alkanes of at least 4 members (excludes halogenated alkanes) is 1. The van der Waals surface area contributed by atoms with Gasteiger partial charge in [-0.3, -0.25) is 19.1 Å². The number of carbonyl (C=O) groups excluding carboxylic acids is 1. The van der Waals surface area contributed by atoms with E-state index < -0.39 is 11.2 Å². The summed E-state index contributed by atoms with van der Waals surface area (Å²) >= 11 is 0. The van der Waals surface area contributed by atoms with Gasteiger partial charge >= 0.3 is 5.69 Å². The summed E-state index contributed by atoms with van der Waals surface area (Å²) in [5.41, 5.74) is 8.53. The van der Waals surface area contributed by atoms with Gasteiger partial charge in [-0.05, 0) is 48.8 Å². The molecule has 3 rings (SSSR count). The molecule has 0 saturated heterocycles. The van der Waals surface area contributed by atoms with Crippen LogP contribution >= 0.6 is 0 Å². The minimum Gasteiger partial charge on any atom is -0.383 e. The molecule has 1 aliphatic rings. The predicted molar refractivity (Wildman–Crippen MR) is 111 cm³/mol. The van der Waals surface area contributed by atoms with Crippen LogP contribution in [0.25, 0.3) is 0 Å². The van der Waals surface area contributed by atoms with E-state index in [1.165, 1.54) is 40.5 Å². The lowest BCUT2D eigenvalue weighted by molar-refractivity contribution is -0.117. The average molecular weight is 384 g/mol. The van der Waals surface area contributed by atoms with Crippen molar-refractivity contribution in [3.05, 3.63) is 55.7 Å². The van der Waals surface area contributed by atoms with Gasteiger partial charge in [0.25, 0.3) is 5.56 Å². The van der Waals surface area contributed by atoms with Crippen molar-refractivity contribution in [2.24, 2.45) is 0 Å². The normalized spacial score (nSPS) is 13.2. The highest BCUT2D eigenvalue weighted by molar-refractivity contribution is 5.96. The maximum atomic E-state index is 12.8. The van der Waals surface area contributed by atoms with E-state index in [2.05, 4.69) is 17.1 Å². The van der Waals surface area contributed by atoms with Gasteiger partial charge < -0.3 is 10.6 Å². The molecule has 150 valence electrons. The number of likely N-dealkylation sites (N-methyl/N-ethyl adjacent to an activating group) is 1. The van der Waals surface area contributed by atoms with Crippen molar-refractivity contribution in [3.8, 4) is 0 Å². The van der Waals surface area contributed by atoms with Gasteiger partial charge in [0.05, 0.1) is 6.42 Å². The van der Waals surface area contributed by atoms with Crippen molar-refractivity contribution in [3.63, 3.8) is 0 Å². The fourth-order valence-electron chi connectivity index (χ4n) is 3.75. The van der Waals surface area contributed by atoms with Crippen LogP contribution in [0.15, 0.2) is 27.8 Å². The smallest absolute Gasteiger partial charge is 0.330 e. The molecule has 28 heavy (non-hydrogen) atoms. The van der Waals surface area contributed by atoms with E-state index in [0.29, 0.717) is 6.54 Å². The lowest BCUT2D eigenvalue weighted by Gasteiger charge is -2.21. The number of H-pyrrole nitrogens is 1. The van der Waals surface area contributed by atoms with Crippen molar-refractivity contribution in [2.45, 2.75) is 58.4 Å². The van der Waals surface area contributed by atoms with E-state index in [1.54, 1.807) is 0 Å². The first kappa shape index (κ1) is 19.9. The molecule has 1 amide bonds. The second-order valence-electron chi connectivity index (χ2n) is 7.44. The second-order valence-corrected chi connectivity index (χ2v) is 7.44. The molecule has 0 saturated carbocycles. The van der Waals surface area contributed by atoms with Crippen LogP contribution in [0.4, 0.5) is 11.5 Å². The molecular weight excluding hydrogens is 356 g/mol. The maximum absolute atomic E-state index is 12.8. The monoisotopic (exact) mass is 384 g/mol. The number of aryl methyl sites for hydroxylation is 2. The molecule has 0 spiro atoms. The van der Waals surface area contributed by atoms with E-state index in [-0.39, 0.29) is 23.8 Å². The number of hydrogen-bond acceptors (Lipinski definition) is 4. The fourth-order valence-corrected chi connectivity index (χ4v) is 3.75. The molecule has 0 fully saturated rings. The van der Waals surface area contributed by atoms with Crippen LogP contribution < -0.4 is 21.9 Å². The summed E-state index contributed by atoms with van der Waals surface area (Å²) in [4.78, 5) is 40.8. The quantitative estimate of drug-likeness (QED) is 0.795. The zero-order chi connectivity index (χ0) is 20.3. The molecule has 7 heteroatoms. The highest BCUT2D eigenvalue weighted by Gasteiger charge is 2.21. The number of fused-ring (bicyclic) bond motifs is 1. The number of aromatic amines is 1. The Hall–Kier alpha value is -2.83. The van der Waals surface area contributed by atoms with Gasteiger partial charge in [0, 0.05) is 13.6 Å². The number of rotatable bonds is 6. The van der Waals surface area contributed by atoms with Gasteiger partial charge in [0.15, 0.2) is 5.69 Å². The number of nitrogens with two attached hydrogens (primary N) is 1. The summed E-state index contributed by atoms with van der Waals surface area (Å²) in [5, 5.41) is 0. The minimum absolute atomic E-state index is 0.0265. The Morgan fingerprint density at radius 3 is 2.64 bits per heavy atom. The van der Waals surface area contributed by atoms with Crippen LogP contribution in [0.3, 0.4) is 0 Å².